The Morgan fingerprint density at radius 1 is 1.24 bits per heavy atom. The van der Waals surface area contributed by atoms with E-state index in [2.05, 4.69) is 4.98 Å². The Balaban J connectivity index is 0.00000144. The van der Waals surface area contributed by atoms with Gasteiger partial charge in [0.1, 0.15) is 0 Å². The van der Waals surface area contributed by atoms with Gasteiger partial charge >= 0.3 is 29.6 Å². The normalized spacial score (nSPS) is 10.6. The number of nitrogens with zero attached hydrogens (tertiary/aromatic N) is 1. The largest absolute Gasteiger partial charge is 1.00 e. The molecular formula is C9H7N2NaO4S. The van der Waals surface area contributed by atoms with Crippen LogP contribution in [0.5, 0.6) is 0 Å². The summed E-state index contributed by atoms with van der Waals surface area (Å²) in [6.07, 6.45) is 2.83. The first kappa shape index (κ1) is 14.2. The molecule has 0 saturated heterocycles. The van der Waals surface area contributed by atoms with E-state index in [0.29, 0.717) is 5.76 Å². The second-order valence-corrected chi connectivity index (χ2v) is 4.11. The van der Waals surface area contributed by atoms with Gasteiger partial charge in [0.2, 0.25) is 0 Å². The van der Waals surface area contributed by atoms with Crippen LogP contribution in [0.3, 0.4) is 0 Å². The zero-order valence-corrected chi connectivity index (χ0v) is 11.8. The van der Waals surface area contributed by atoms with Crippen molar-refractivity contribution in [3.8, 4) is 11.3 Å². The maximum atomic E-state index is 10.4. The van der Waals surface area contributed by atoms with Gasteiger partial charge in [-0.05, 0) is 24.3 Å². The number of benzene rings is 1. The summed E-state index contributed by atoms with van der Waals surface area (Å²) in [4.78, 5) is 3.75. The molecule has 6 nitrogen and oxygen atoms in total. The molecule has 17 heavy (non-hydrogen) atoms. The zero-order chi connectivity index (χ0) is 11.6. The second-order valence-electron chi connectivity index (χ2n) is 3.00. The van der Waals surface area contributed by atoms with Crippen LogP contribution >= 0.6 is 0 Å². The number of nitrogens with one attached hydrogen (secondary N) is 1. The molecule has 1 heterocycles. The van der Waals surface area contributed by atoms with Crippen molar-refractivity contribution in [2.75, 3.05) is 4.72 Å². The molecule has 0 bridgehead atoms. The maximum Gasteiger partial charge on any atom is 1.00 e. The third kappa shape index (κ3) is 4.14. The molecule has 0 fully saturated rings. The Kier molecular flexibility index (Phi) is 4.72. The first-order chi connectivity index (χ1) is 7.54. The number of hydrogen-bond acceptors (Lipinski definition) is 5. The van der Waals surface area contributed by atoms with Crippen molar-refractivity contribution in [1.29, 1.82) is 0 Å². The van der Waals surface area contributed by atoms with E-state index in [4.69, 9.17) is 4.42 Å². The molecule has 2 rings (SSSR count). The molecule has 1 aromatic carbocycles. The van der Waals surface area contributed by atoms with Gasteiger partial charge in [-0.25, -0.2) is 13.4 Å². The Morgan fingerprint density at radius 2 is 1.88 bits per heavy atom. The number of hydrogen-bond donors (Lipinski definition) is 1. The van der Waals surface area contributed by atoms with Gasteiger partial charge in [0.25, 0.3) is 0 Å². The fourth-order valence-corrected chi connectivity index (χ4v) is 1.63. The van der Waals surface area contributed by atoms with Crippen LogP contribution in [0.2, 0.25) is 0 Å². The third-order valence-electron chi connectivity index (χ3n) is 1.84. The molecule has 84 valence electrons. The van der Waals surface area contributed by atoms with Crippen molar-refractivity contribution in [3.05, 3.63) is 36.9 Å². The van der Waals surface area contributed by atoms with Crippen molar-refractivity contribution in [1.82, 2.24) is 4.98 Å². The second kappa shape index (κ2) is 5.65. The van der Waals surface area contributed by atoms with E-state index in [1.165, 1.54) is 24.7 Å². The minimum Gasteiger partial charge on any atom is -0.731 e. The summed E-state index contributed by atoms with van der Waals surface area (Å²) in [5, 5.41) is 0. The third-order valence-corrected chi connectivity index (χ3v) is 2.33. The van der Waals surface area contributed by atoms with Gasteiger partial charge in [-0.1, -0.05) is 0 Å². The van der Waals surface area contributed by atoms with Gasteiger partial charge in [-0.3, -0.25) is 4.72 Å². The summed E-state index contributed by atoms with van der Waals surface area (Å²) in [6.45, 7) is 0. The average Bonchev–Trinajstić information content (AvgIpc) is 2.69. The Morgan fingerprint density at radius 3 is 2.35 bits per heavy atom. The van der Waals surface area contributed by atoms with E-state index in [9.17, 15) is 13.0 Å². The standard InChI is InChI=1S/C9H8N2O4S.Na/c12-16(13,14)11-8-3-1-7(2-4-8)9-5-10-6-15-9;/h1-6,11H,(H,12,13,14);/q;+1/p-1. The summed E-state index contributed by atoms with van der Waals surface area (Å²) in [6, 6.07) is 6.17. The van der Waals surface area contributed by atoms with Crippen LogP contribution in [0.25, 0.3) is 11.3 Å². The van der Waals surface area contributed by atoms with E-state index >= 15 is 0 Å². The van der Waals surface area contributed by atoms with Crippen LogP contribution in [0.1, 0.15) is 0 Å². The summed E-state index contributed by atoms with van der Waals surface area (Å²) in [5.74, 6) is 0.566. The van der Waals surface area contributed by atoms with Crippen LogP contribution in [-0.2, 0) is 10.3 Å². The zero-order valence-electron chi connectivity index (χ0n) is 8.95. The van der Waals surface area contributed by atoms with Crippen molar-refractivity contribution >= 4 is 16.0 Å². The molecule has 2 aromatic rings. The van der Waals surface area contributed by atoms with Crippen molar-refractivity contribution < 1.29 is 46.9 Å². The molecule has 0 amide bonds. The van der Waals surface area contributed by atoms with Crippen LogP contribution in [0, 0.1) is 0 Å². The molecule has 0 spiro atoms. The van der Waals surface area contributed by atoms with Gasteiger partial charge in [0.15, 0.2) is 22.5 Å². The van der Waals surface area contributed by atoms with Gasteiger partial charge in [-0.2, -0.15) is 0 Å². The van der Waals surface area contributed by atoms with Crippen LogP contribution < -0.4 is 34.3 Å². The fraction of sp³-hybridized carbons (Fsp3) is 0. The summed E-state index contributed by atoms with van der Waals surface area (Å²) in [7, 11) is -4.48. The number of rotatable bonds is 3. The summed E-state index contributed by atoms with van der Waals surface area (Å²) < 4.78 is 38.1. The first-order valence-electron chi connectivity index (χ1n) is 4.27. The van der Waals surface area contributed by atoms with E-state index in [1.807, 2.05) is 4.72 Å². The van der Waals surface area contributed by atoms with Crippen LogP contribution in [0.4, 0.5) is 5.69 Å². The minimum atomic E-state index is -4.48. The predicted molar refractivity (Wildman–Crippen MR) is 55.3 cm³/mol. The van der Waals surface area contributed by atoms with Crippen LogP contribution in [0.15, 0.2) is 41.3 Å². The summed E-state index contributed by atoms with van der Waals surface area (Å²) >= 11 is 0. The molecule has 0 atom stereocenters. The maximum absolute atomic E-state index is 10.4. The SMILES string of the molecule is O=S(=O)([O-])Nc1ccc(-c2cnco2)cc1.[Na+]. The fourth-order valence-electron chi connectivity index (χ4n) is 1.21. The monoisotopic (exact) mass is 262 g/mol. The number of oxazole rings is 1. The van der Waals surface area contributed by atoms with E-state index in [1.54, 1.807) is 12.1 Å². The predicted octanol–water partition coefficient (Wildman–Crippen LogP) is -1.78. The molecule has 0 radical (unpaired) electrons. The number of anilines is 1. The van der Waals surface area contributed by atoms with Gasteiger partial charge in [0, 0.05) is 11.3 Å². The van der Waals surface area contributed by atoms with Crippen molar-refractivity contribution in [3.63, 3.8) is 0 Å². The first-order valence-corrected chi connectivity index (χ1v) is 5.68. The molecule has 0 aliphatic rings. The molecule has 0 aliphatic heterocycles. The molecule has 1 N–H and O–H groups in total. The van der Waals surface area contributed by atoms with Crippen LogP contribution in [-0.4, -0.2) is 18.0 Å². The minimum absolute atomic E-state index is 0. The Bertz CT molecular complexity index is 566. The number of aromatic nitrogens is 1. The van der Waals surface area contributed by atoms with Gasteiger partial charge in [0.05, 0.1) is 6.20 Å². The Labute approximate surface area is 120 Å². The quantitative estimate of drug-likeness (QED) is 0.521. The molecule has 0 aliphatic carbocycles. The molecule has 0 saturated carbocycles. The molecule has 8 heteroatoms. The summed E-state index contributed by atoms with van der Waals surface area (Å²) in [5.41, 5.74) is 0.949. The van der Waals surface area contributed by atoms with Gasteiger partial charge in [-0.15, -0.1) is 0 Å². The molecular weight excluding hydrogens is 255 g/mol. The van der Waals surface area contributed by atoms with Crippen molar-refractivity contribution in [2.45, 2.75) is 0 Å². The van der Waals surface area contributed by atoms with Gasteiger partial charge < -0.3 is 8.97 Å². The molecule has 1 aromatic heterocycles. The van der Waals surface area contributed by atoms with E-state index in [0.717, 1.165) is 5.56 Å². The van der Waals surface area contributed by atoms with E-state index < -0.39 is 10.3 Å². The average molecular weight is 262 g/mol. The topological polar surface area (TPSA) is 95.3 Å². The van der Waals surface area contributed by atoms with Crippen molar-refractivity contribution in [2.24, 2.45) is 0 Å². The Hall–Kier alpha value is -0.860. The molecule has 0 unspecified atom stereocenters. The smallest absolute Gasteiger partial charge is 0.731 e. The van der Waals surface area contributed by atoms with E-state index in [-0.39, 0.29) is 35.2 Å².